The first kappa shape index (κ1) is 19.3. The Morgan fingerprint density at radius 3 is 2.74 bits per heavy atom. The zero-order valence-electron chi connectivity index (χ0n) is 17.0. The van der Waals surface area contributed by atoms with Gasteiger partial charge in [-0.05, 0) is 80.0 Å². The molecule has 0 aliphatic heterocycles. The highest BCUT2D eigenvalue weighted by molar-refractivity contribution is 5.75. The third-order valence-electron chi connectivity index (χ3n) is 8.74. The molecule has 5 N–H and O–H groups in total. The van der Waals surface area contributed by atoms with Crippen LogP contribution >= 0.6 is 0 Å². The Kier molecular flexibility index (Phi) is 5.04. The standard InChI is InChI=1S/C22H37N3O2/c1-21-9-7-15(27-12-11-25-20(23)24)13-14(21)3-4-16-17-5-6-19(26)22(17,2)10-8-18(16)21/h13,15-19,26H,3-12H2,1-2H3,(H4,23,24,25)/t15-,16?,17?,18?,19-,21-,22-/m0/s1. The van der Waals surface area contributed by atoms with Gasteiger partial charge in [0.15, 0.2) is 5.96 Å². The summed E-state index contributed by atoms with van der Waals surface area (Å²) in [7, 11) is 0. The summed E-state index contributed by atoms with van der Waals surface area (Å²) in [5, 5.41) is 10.6. The summed E-state index contributed by atoms with van der Waals surface area (Å²) in [6.45, 7) is 5.99. The fourth-order valence-corrected chi connectivity index (χ4v) is 7.18. The maximum absolute atomic E-state index is 10.6. The van der Waals surface area contributed by atoms with Crippen molar-refractivity contribution < 1.29 is 9.84 Å². The van der Waals surface area contributed by atoms with Crippen LogP contribution in [0.1, 0.15) is 65.2 Å². The van der Waals surface area contributed by atoms with E-state index in [0.717, 1.165) is 30.6 Å². The van der Waals surface area contributed by atoms with Gasteiger partial charge in [0, 0.05) is 0 Å². The van der Waals surface area contributed by atoms with Gasteiger partial charge in [-0.2, -0.15) is 0 Å². The summed E-state index contributed by atoms with van der Waals surface area (Å²) in [5.74, 6) is 2.43. The van der Waals surface area contributed by atoms with Crippen molar-refractivity contribution in [2.45, 2.75) is 77.4 Å². The van der Waals surface area contributed by atoms with Crippen LogP contribution in [0, 0.1) is 28.6 Å². The first-order valence-electron chi connectivity index (χ1n) is 10.9. The van der Waals surface area contributed by atoms with Gasteiger partial charge < -0.3 is 21.3 Å². The summed E-state index contributed by atoms with van der Waals surface area (Å²) >= 11 is 0. The number of aliphatic imine (C=N–C) groups is 1. The highest BCUT2D eigenvalue weighted by Gasteiger charge is 2.58. The molecule has 4 aliphatic rings. The first-order chi connectivity index (χ1) is 12.8. The number of hydrogen-bond acceptors (Lipinski definition) is 3. The van der Waals surface area contributed by atoms with Gasteiger partial charge in [0.2, 0.25) is 0 Å². The van der Waals surface area contributed by atoms with E-state index in [-0.39, 0.29) is 23.6 Å². The van der Waals surface area contributed by atoms with Crippen LogP contribution in [-0.4, -0.2) is 36.4 Å². The van der Waals surface area contributed by atoms with Crippen LogP contribution in [0.2, 0.25) is 0 Å². The zero-order valence-corrected chi connectivity index (χ0v) is 17.0. The van der Waals surface area contributed by atoms with Gasteiger partial charge in [0.1, 0.15) is 0 Å². The lowest BCUT2D eigenvalue weighted by Gasteiger charge is -2.58. The highest BCUT2D eigenvalue weighted by atomic mass is 16.5. The SMILES string of the molecule is C[C@]12CC[C@H](OCCN=C(N)N)C=C1CCC1C2CC[C@@]2(C)C1CC[C@@H]2O. The number of ether oxygens (including phenoxy) is 1. The first-order valence-corrected chi connectivity index (χ1v) is 10.9. The van der Waals surface area contributed by atoms with Crippen LogP contribution < -0.4 is 11.5 Å². The number of guanidine groups is 1. The summed E-state index contributed by atoms with van der Waals surface area (Å²) in [6, 6.07) is 0. The van der Waals surface area contributed by atoms with Crippen LogP contribution in [0.3, 0.4) is 0 Å². The monoisotopic (exact) mass is 375 g/mol. The van der Waals surface area contributed by atoms with E-state index in [1.54, 1.807) is 5.57 Å². The van der Waals surface area contributed by atoms with Crippen LogP contribution in [-0.2, 0) is 4.74 Å². The second-order valence-electron chi connectivity index (χ2n) is 9.92. The topological polar surface area (TPSA) is 93.9 Å². The van der Waals surface area contributed by atoms with Crippen LogP contribution in [0.5, 0.6) is 0 Å². The Bertz CT molecular complexity index is 629. The molecule has 0 aromatic rings. The third-order valence-corrected chi connectivity index (χ3v) is 8.74. The van der Waals surface area contributed by atoms with E-state index in [1.165, 1.54) is 38.5 Å². The molecule has 5 nitrogen and oxygen atoms in total. The smallest absolute Gasteiger partial charge is 0.185 e. The molecule has 0 aromatic heterocycles. The Morgan fingerprint density at radius 2 is 1.96 bits per heavy atom. The number of fused-ring (bicyclic) bond motifs is 5. The number of allylic oxidation sites excluding steroid dienone is 1. The van der Waals surface area contributed by atoms with Crippen LogP contribution in [0.15, 0.2) is 16.6 Å². The van der Waals surface area contributed by atoms with Crippen molar-refractivity contribution in [3.63, 3.8) is 0 Å². The minimum Gasteiger partial charge on any atom is -0.393 e. The van der Waals surface area contributed by atoms with Gasteiger partial charge in [-0.15, -0.1) is 0 Å². The summed E-state index contributed by atoms with van der Waals surface area (Å²) in [6.07, 6.45) is 12.1. The van der Waals surface area contributed by atoms with Gasteiger partial charge in [0.25, 0.3) is 0 Å². The molecular formula is C22H37N3O2. The van der Waals surface area contributed by atoms with Crippen molar-refractivity contribution in [3.05, 3.63) is 11.6 Å². The van der Waals surface area contributed by atoms with Gasteiger partial charge in [-0.3, -0.25) is 4.99 Å². The van der Waals surface area contributed by atoms with Gasteiger partial charge in [0.05, 0.1) is 25.4 Å². The molecule has 0 spiro atoms. The predicted octanol–water partition coefficient (Wildman–Crippen LogP) is 2.97. The maximum atomic E-state index is 10.6. The lowest BCUT2D eigenvalue weighted by atomic mass is 9.47. The van der Waals surface area contributed by atoms with Crippen molar-refractivity contribution in [1.29, 1.82) is 0 Å². The molecule has 0 saturated heterocycles. The van der Waals surface area contributed by atoms with Crippen LogP contribution in [0.4, 0.5) is 0 Å². The molecule has 0 amide bonds. The molecule has 4 rings (SSSR count). The van der Waals surface area contributed by atoms with E-state index in [9.17, 15) is 5.11 Å². The maximum Gasteiger partial charge on any atom is 0.185 e. The predicted molar refractivity (Wildman–Crippen MR) is 108 cm³/mol. The van der Waals surface area contributed by atoms with E-state index >= 15 is 0 Å². The fraction of sp³-hybridized carbons (Fsp3) is 0.864. The van der Waals surface area contributed by atoms with E-state index in [4.69, 9.17) is 16.2 Å². The minimum absolute atomic E-state index is 0.0810. The average molecular weight is 376 g/mol. The number of nitrogens with zero attached hydrogens (tertiary/aromatic N) is 1. The molecule has 3 fully saturated rings. The lowest BCUT2D eigenvalue weighted by molar-refractivity contribution is -0.0778. The molecule has 27 heavy (non-hydrogen) atoms. The quantitative estimate of drug-likeness (QED) is 0.305. The Balaban J connectivity index is 1.46. The molecule has 0 heterocycles. The second-order valence-corrected chi connectivity index (χ2v) is 9.92. The Morgan fingerprint density at radius 1 is 1.15 bits per heavy atom. The normalized spacial score (nSPS) is 46.0. The van der Waals surface area contributed by atoms with E-state index in [1.807, 2.05) is 0 Å². The lowest BCUT2D eigenvalue weighted by Crippen LogP contribution is -2.51. The average Bonchev–Trinajstić information content (AvgIpc) is 2.94. The van der Waals surface area contributed by atoms with Crippen LogP contribution in [0.25, 0.3) is 0 Å². The number of rotatable bonds is 4. The molecule has 3 saturated carbocycles. The van der Waals surface area contributed by atoms with Crippen molar-refractivity contribution in [3.8, 4) is 0 Å². The van der Waals surface area contributed by atoms with E-state index < -0.39 is 0 Å². The Labute approximate surface area is 163 Å². The summed E-state index contributed by atoms with van der Waals surface area (Å²) < 4.78 is 6.04. The molecule has 7 atom stereocenters. The van der Waals surface area contributed by atoms with E-state index in [2.05, 4.69) is 24.9 Å². The van der Waals surface area contributed by atoms with Gasteiger partial charge in [-0.25, -0.2) is 0 Å². The second kappa shape index (κ2) is 7.07. The summed E-state index contributed by atoms with van der Waals surface area (Å²) in [5.41, 5.74) is 12.9. The molecule has 4 aliphatic carbocycles. The molecule has 5 heteroatoms. The molecule has 0 aromatic carbocycles. The molecular weight excluding hydrogens is 338 g/mol. The van der Waals surface area contributed by atoms with Gasteiger partial charge >= 0.3 is 0 Å². The van der Waals surface area contributed by atoms with Gasteiger partial charge in [-0.1, -0.05) is 25.5 Å². The van der Waals surface area contributed by atoms with Crippen molar-refractivity contribution in [1.82, 2.24) is 0 Å². The summed E-state index contributed by atoms with van der Waals surface area (Å²) in [4.78, 5) is 4.01. The molecule has 0 bridgehead atoms. The highest BCUT2D eigenvalue weighted by Crippen LogP contribution is 2.65. The molecule has 3 unspecified atom stereocenters. The Hall–Kier alpha value is -1.07. The van der Waals surface area contributed by atoms with Crippen molar-refractivity contribution in [2.75, 3.05) is 13.2 Å². The zero-order chi connectivity index (χ0) is 19.2. The third kappa shape index (κ3) is 3.21. The molecule has 152 valence electrons. The fourth-order valence-electron chi connectivity index (χ4n) is 7.18. The van der Waals surface area contributed by atoms with E-state index in [0.29, 0.717) is 18.6 Å². The number of hydrogen-bond donors (Lipinski definition) is 3. The largest absolute Gasteiger partial charge is 0.393 e. The minimum atomic E-state index is -0.0810. The number of aliphatic hydroxyl groups is 1. The molecule has 0 radical (unpaired) electrons. The van der Waals surface area contributed by atoms with Crippen molar-refractivity contribution >= 4 is 5.96 Å². The number of aliphatic hydroxyl groups excluding tert-OH is 1. The number of nitrogens with two attached hydrogens (primary N) is 2. The van der Waals surface area contributed by atoms with Crippen molar-refractivity contribution in [2.24, 2.45) is 45.0 Å².